The van der Waals surface area contributed by atoms with Crippen molar-refractivity contribution < 1.29 is 14.2 Å². The fourth-order valence-electron chi connectivity index (χ4n) is 8.64. The molecule has 7 atom stereocenters. The molecule has 0 heterocycles. The van der Waals surface area contributed by atoms with Gasteiger partial charge in [0.05, 0.1) is 12.2 Å². The van der Waals surface area contributed by atoms with Crippen LogP contribution in [0.3, 0.4) is 0 Å². The molecule has 202 valence electrons. The number of rotatable bonds is 13. The van der Waals surface area contributed by atoms with Crippen LogP contribution in [-0.4, -0.2) is 52.2 Å². The van der Waals surface area contributed by atoms with Crippen LogP contribution in [0.2, 0.25) is 0 Å². The average molecular weight is 491 g/mol. The Morgan fingerprint density at radius 3 is 2.40 bits per heavy atom. The van der Waals surface area contributed by atoms with Crippen LogP contribution in [0.1, 0.15) is 97.3 Å². The van der Waals surface area contributed by atoms with Crippen LogP contribution in [0.5, 0.6) is 0 Å². The molecule has 5 heteroatoms. The lowest BCUT2D eigenvalue weighted by Gasteiger charge is -2.58. The number of fused-ring (bicyclic) bond motifs is 4. The number of ether oxygens (including phenoxy) is 3. The number of nitrogens with two attached hydrogens (primary N) is 2. The predicted molar refractivity (Wildman–Crippen MR) is 143 cm³/mol. The lowest BCUT2D eigenvalue weighted by atomic mass is 9.49. The van der Waals surface area contributed by atoms with E-state index in [1.54, 1.807) is 11.1 Å². The molecule has 2 saturated carbocycles. The molecule has 0 amide bonds. The highest BCUT2D eigenvalue weighted by Crippen LogP contribution is 2.66. The summed E-state index contributed by atoms with van der Waals surface area (Å²) in [6.07, 6.45) is 16.5. The molecule has 35 heavy (non-hydrogen) atoms. The average Bonchev–Trinajstić information content (AvgIpc) is 3.19. The zero-order valence-electron chi connectivity index (χ0n) is 23.0. The second-order valence-corrected chi connectivity index (χ2v) is 12.4. The number of hydrogen-bond donors (Lipinski definition) is 2. The summed E-state index contributed by atoms with van der Waals surface area (Å²) in [6.45, 7) is 9.05. The van der Waals surface area contributed by atoms with Crippen LogP contribution < -0.4 is 11.5 Å². The highest BCUT2D eigenvalue weighted by Gasteiger charge is 2.60. The minimum atomic E-state index is 0.188. The normalized spacial score (nSPS) is 38.8. The van der Waals surface area contributed by atoms with Crippen LogP contribution in [-0.2, 0) is 14.2 Å². The molecule has 2 fully saturated rings. The van der Waals surface area contributed by atoms with Gasteiger partial charge in [0.2, 0.25) is 0 Å². The fourth-order valence-corrected chi connectivity index (χ4v) is 8.64. The minimum Gasteiger partial charge on any atom is -0.385 e. The van der Waals surface area contributed by atoms with Gasteiger partial charge < -0.3 is 25.7 Å². The van der Waals surface area contributed by atoms with Crippen molar-refractivity contribution in [1.82, 2.24) is 0 Å². The fraction of sp³-hybridized carbons (Fsp3) is 0.933. The summed E-state index contributed by atoms with van der Waals surface area (Å²) < 4.78 is 18.9. The van der Waals surface area contributed by atoms with E-state index in [9.17, 15) is 0 Å². The molecule has 0 bridgehead atoms. The van der Waals surface area contributed by atoms with Gasteiger partial charge in [-0.1, -0.05) is 38.7 Å². The Morgan fingerprint density at radius 2 is 1.66 bits per heavy atom. The molecule has 0 radical (unpaired) electrons. The first kappa shape index (κ1) is 27.6. The third-order valence-electron chi connectivity index (χ3n) is 10.7. The molecule has 4 rings (SSSR count). The Kier molecular flexibility index (Phi) is 9.76. The molecule has 4 aliphatic rings. The standard InChI is InChI=1S/C30H54N2O3/c1-29-14-6-4-11-23(29)20-26(34-18-8-15-31)28-24-13-12-22(10-5-7-17-33-3)30(24,2)27(21-25(28)29)35-19-9-16-32/h22-24,26-27H,4-21,31-32H2,1-3H3/t22?,23?,24?,26-,27+,29+,30-/m1/s1. The number of unbranched alkanes of at least 4 members (excludes halogenated alkanes) is 1. The summed E-state index contributed by atoms with van der Waals surface area (Å²) in [6, 6.07) is 0. The highest BCUT2D eigenvalue weighted by molar-refractivity contribution is 5.38. The van der Waals surface area contributed by atoms with Gasteiger partial charge in [-0.25, -0.2) is 0 Å². The lowest BCUT2D eigenvalue weighted by Crippen LogP contribution is -2.54. The molecule has 3 unspecified atom stereocenters. The molecule has 5 nitrogen and oxygen atoms in total. The van der Waals surface area contributed by atoms with Crippen LogP contribution in [0.4, 0.5) is 0 Å². The Hall–Kier alpha value is -0.460. The summed E-state index contributed by atoms with van der Waals surface area (Å²) in [5, 5.41) is 0. The molecule has 4 N–H and O–H groups in total. The van der Waals surface area contributed by atoms with Gasteiger partial charge in [-0.15, -0.1) is 0 Å². The second kappa shape index (κ2) is 12.4. The summed E-state index contributed by atoms with van der Waals surface area (Å²) in [4.78, 5) is 0. The molecule has 4 aliphatic carbocycles. The zero-order chi connectivity index (χ0) is 24.9. The topological polar surface area (TPSA) is 79.7 Å². The maximum atomic E-state index is 6.81. The summed E-state index contributed by atoms with van der Waals surface area (Å²) in [5.41, 5.74) is 15.7. The molecule has 0 aliphatic heterocycles. The SMILES string of the molecule is COCCCCC1CCC2C3=C(C[C@H](OCCCN)[C@]12C)[C@@]1(C)CCCCC1C[C@H]3OCCCN. The second-order valence-electron chi connectivity index (χ2n) is 12.4. The molecule has 0 spiro atoms. The van der Waals surface area contributed by atoms with Gasteiger partial charge in [0.15, 0.2) is 0 Å². The van der Waals surface area contributed by atoms with Crippen LogP contribution in [0, 0.1) is 28.6 Å². The number of hydrogen-bond acceptors (Lipinski definition) is 5. The van der Waals surface area contributed by atoms with Crippen molar-refractivity contribution in [2.75, 3.05) is 40.0 Å². The Bertz CT molecular complexity index is 712. The van der Waals surface area contributed by atoms with Gasteiger partial charge in [-0.3, -0.25) is 0 Å². The molecule has 0 aromatic heterocycles. The van der Waals surface area contributed by atoms with E-state index >= 15 is 0 Å². The Morgan fingerprint density at radius 1 is 0.886 bits per heavy atom. The maximum absolute atomic E-state index is 6.81. The first-order valence-corrected chi connectivity index (χ1v) is 14.9. The van der Waals surface area contributed by atoms with E-state index in [1.165, 1.54) is 57.8 Å². The zero-order valence-corrected chi connectivity index (χ0v) is 23.0. The van der Waals surface area contributed by atoms with E-state index in [2.05, 4.69) is 13.8 Å². The Balaban J connectivity index is 1.68. The van der Waals surface area contributed by atoms with E-state index in [4.69, 9.17) is 25.7 Å². The smallest absolute Gasteiger partial charge is 0.0793 e. The molecule has 0 saturated heterocycles. The largest absolute Gasteiger partial charge is 0.385 e. The number of methoxy groups -OCH3 is 1. The first-order valence-electron chi connectivity index (χ1n) is 14.9. The van der Waals surface area contributed by atoms with Crippen molar-refractivity contribution in [3.05, 3.63) is 11.1 Å². The van der Waals surface area contributed by atoms with Crippen molar-refractivity contribution in [1.29, 1.82) is 0 Å². The monoisotopic (exact) mass is 490 g/mol. The summed E-state index contributed by atoms with van der Waals surface area (Å²) >= 11 is 0. The van der Waals surface area contributed by atoms with Gasteiger partial charge in [-0.05, 0) is 106 Å². The van der Waals surface area contributed by atoms with Gasteiger partial charge in [0, 0.05) is 32.3 Å². The molecular formula is C30H54N2O3. The quantitative estimate of drug-likeness (QED) is 0.259. The van der Waals surface area contributed by atoms with E-state index in [1.807, 2.05) is 7.11 Å². The summed E-state index contributed by atoms with van der Waals surface area (Å²) in [5.74, 6) is 2.05. The first-order chi connectivity index (χ1) is 17.0. The van der Waals surface area contributed by atoms with E-state index in [0.29, 0.717) is 36.4 Å². The predicted octanol–water partition coefficient (Wildman–Crippen LogP) is 5.60. The third kappa shape index (κ3) is 5.41. The minimum absolute atomic E-state index is 0.188. The summed E-state index contributed by atoms with van der Waals surface area (Å²) in [7, 11) is 1.82. The van der Waals surface area contributed by atoms with Crippen molar-refractivity contribution in [2.45, 2.75) is 110 Å². The Labute approximate surface area is 215 Å². The maximum Gasteiger partial charge on any atom is 0.0793 e. The van der Waals surface area contributed by atoms with Gasteiger partial charge in [-0.2, -0.15) is 0 Å². The van der Waals surface area contributed by atoms with Crippen molar-refractivity contribution in [2.24, 2.45) is 40.1 Å². The third-order valence-corrected chi connectivity index (χ3v) is 10.7. The molecule has 0 aromatic carbocycles. The van der Waals surface area contributed by atoms with Crippen LogP contribution in [0.25, 0.3) is 0 Å². The van der Waals surface area contributed by atoms with E-state index in [-0.39, 0.29) is 11.5 Å². The molecular weight excluding hydrogens is 436 g/mol. The van der Waals surface area contributed by atoms with E-state index in [0.717, 1.165) is 51.4 Å². The van der Waals surface area contributed by atoms with Gasteiger partial charge in [0.1, 0.15) is 0 Å². The lowest BCUT2D eigenvalue weighted by molar-refractivity contribution is -0.0962. The highest BCUT2D eigenvalue weighted by atomic mass is 16.5. The van der Waals surface area contributed by atoms with Gasteiger partial charge in [0.25, 0.3) is 0 Å². The van der Waals surface area contributed by atoms with E-state index < -0.39 is 0 Å². The van der Waals surface area contributed by atoms with Crippen molar-refractivity contribution in [3.63, 3.8) is 0 Å². The van der Waals surface area contributed by atoms with Crippen molar-refractivity contribution in [3.8, 4) is 0 Å². The van der Waals surface area contributed by atoms with Crippen molar-refractivity contribution >= 4 is 0 Å². The van der Waals surface area contributed by atoms with Crippen LogP contribution in [0.15, 0.2) is 11.1 Å². The van der Waals surface area contributed by atoms with Gasteiger partial charge >= 0.3 is 0 Å². The molecule has 0 aromatic rings. The van der Waals surface area contributed by atoms with Crippen LogP contribution >= 0.6 is 0 Å².